The van der Waals surface area contributed by atoms with Crippen molar-refractivity contribution in [1.82, 2.24) is 10.3 Å². The molecule has 5 nitrogen and oxygen atoms in total. The van der Waals surface area contributed by atoms with Gasteiger partial charge in [0, 0.05) is 11.0 Å². The molecule has 0 unspecified atom stereocenters. The smallest absolute Gasteiger partial charge is 0.263 e. The molecule has 22 heavy (non-hydrogen) atoms. The molecule has 0 bridgehead atoms. The van der Waals surface area contributed by atoms with Crippen molar-refractivity contribution in [3.8, 4) is 10.6 Å². The molecule has 0 saturated heterocycles. The topological polar surface area (TPSA) is 76.1 Å². The average Bonchev–Trinajstić information content (AvgIpc) is 3.02. The van der Waals surface area contributed by atoms with Crippen LogP contribution >= 0.6 is 11.3 Å². The molecule has 0 radical (unpaired) electrons. The normalized spacial score (nSPS) is 19.2. The first kappa shape index (κ1) is 14.9. The van der Waals surface area contributed by atoms with Crippen LogP contribution < -0.4 is 5.32 Å². The summed E-state index contributed by atoms with van der Waals surface area (Å²) in [6.07, 6.45) is 1.50. The SMILES string of the molecule is Cc1nc(-c2ccccc2)sc1C(=O)N[C@@H]1C=CS(=O)(=O)C1. The van der Waals surface area contributed by atoms with Crippen molar-refractivity contribution in [2.45, 2.75) is 13.0 Å². The summed E-state index contributed by atoms with van der Waals surface area (Å²) in [4.78, 5) is 17.2. The van der Waals surface area contributed by atoms with Gasteiger partial charge in [-0.1, -0.05) is 30.3 Å². The summed E-state index contributed by atoms with van der Waals surface area (Å²) in [6, 6.07) is 9.15. The summed E-state index contributed by atoms with van der Waals surface area (Å²) in [5.41, 5.74) is 1.60. The molecule has 0 saturated carbocycles. The second-order valence-electron chi connectivity index (χ2n) is 5.04. The fourth-order valence-electron chi connectivity index (χ4n) is 2.21. The van der Waals surface area contributed by atoms with Crippen molar-refractivity contribution in [3.63, 3.8) is 0 Å². The molecular formula is C15H14N2O3S2. The first-order valence-electron chi connectivity index (χ1n) is 6.69. The lowest BCUT2D eigenvalue weighted by molar-refractivity contribution is 0.0951. The number of amides is 1. The van der Waals surface area contributed by atoms with Crippen LogP contribution in [0.5, 0.6) is 0 Å². The van der Waals surface area contributed by atoms with Crippen LogP contribution in [-0.4, -0.2) is 31.1 Å². The standard InChI is InChI=1S/C15H14N2O3S2/c1-10-13(14(18)17-12-7-8-22(19,20)9-12)21-15(16-10)11-5-3-2-4-6-11/h2-8,12H,9H2,1H3,(H,17,18)/t12-/m1/s1. The molecule has 1 N–H and O–H groups in total. The van der Waals surface area contributed by atoms with Gasteiger partial charge >= 0.3 is 0 Å². The number of hydrogen-bond donors (Lipinski definition) is 1. The quantitative estimate of drug-likeness (QED) is 0.933. The zero-order valence-corrected chi connectivity index (χ0v) is 13.4. The Morgan fingerprint density at radius 2 is 2.05 bits per heavy atom. The van der Waals surface area contributed by atoms with Crippen molar-refractivity contribution >= 4 is 27.1 Å². The number of carbonyl (C=O) groups is 1. The molecule has 1 amide bonds. The second kappa shape index (κ2) is 5.66. The van der Waals surface area contributed by atoms with Crippen molar-refractivity contribution in [3.05, 3.63) is 52.4 Å². The molecule has 2 heterocycles. The predicted octanol–water partition coefficient (Wildman–Crippen LogP) is 2.16. The number of rotatable bonds is 3. The highest BCUT2D eigenvalue weighted by atomic mass is 32.2. The zero-order chi connectivity index (χ0) is 15.7. The van der Waals surface area contributed by atoms with Gasteiger partial charge in [-0.05, 0) is 13.0 Å². The van der Waals surface area contributed by atoms with Crippen LogP contribution in [0.4, 0.5) is 0 Å². The summed E-state index contributed by atoms with van der Waals surface area (Å²) in [6.45, 7) is 1.78. The summed E-state index contributed by atoms with van der Waals surface area (Å²) < 4.78 is 22.7. The number of hydrogen-bond acceptors (Lipinski definition) is 5. The van der Waals surface area contributed by atoms with Gasteiger partial charge in [0.1, 0.15) is 9.88 Å². The molecule has 7 heteroatoms. The van der Waals surface area contributed by atoms with Crippen LogP contribution in [0.3, 0.4) is 0 Å². The first-order chi connectivity index (χ1) is 10.4. The maximum absolute atomic E-state index is 12.3. The van der Waals surface area contributed by atoms with Crippen LogP contribution in [0.25, 0.3) is 10.6 Å². The molecule has 1 aromatic carbocycles. The molecule has 0 spiro atoms. The van der Waals surface area contributed by atoms with Gasteiger partial charge in [-0.25, -0.2) is 13.4 Å². The number of thiazole rings is 1. The number of aromatic nitrogens is 1. The van der Waals surface area contributed by atoms with Gasteiger partial charge in [0.15, 0.2) is 9.84 Å². The number of carbonyl (C=O) groups excluding carboxylic acids is 1. The van der Waals surface area contributed by atoms with E-state index in [0.717, 1.165) is 16.0 Å². The molecule has 1 aromatic heterocycles. The Morgan fingerprint density at radius 1 is 1.32 bits per heavy atom. The van der Waals surface area contributed by atoms with E-state index in [1.165, 1.54) is 17.4 Å². The Labute approximate surface area is 132 Å². The third-order valence-electron chi connectivity index (χ3n) is 3.27. The van der Waals surface area contributed by atoms with E-state index in [-0.39, 0.29) is 11.7 Å². The molecule has 1 aliphatic heterocycles. The van der Waals surface area contributed by atoms with E-state index in [1.807, 2.05) is 30.3 Å². The summed E-state index contributed by atoms with van der Waals surface area (Å²) >= 11 is 1.31. The largest absolute Gasteiger partial charge is 0.344 e. The Morgan fingerprint density at radius 3 is 2.68 bits per heavy atom. The molecule has 0 fully saturated rings. The van der Waals surface area contributed by atoms with E-state index in [4.69, 9.17) is 0 Å². The predicted molar refractivity (Wildman–Crippen MR) is 86.5 cm³/mol. The van der Waals surface area contributed by atoms with Gasteiger partial charge in [-0.2, -0.15) is 0 Å². The number of sulfone groups is 1. The van der Waals surface area contributed by atoms with Gasteiger partial charge in [0.2, 0.25) is 0 Å². The summed E-state index contributed by atoms with van der Waals surface area (Å²) in [5, 5.41) is 4.64. The van der Waals surface area contributed by atoms with Crippen LogP contribution in [0.15, 0.2) is 41.8 Å². The van der Waals surface area contributed by atoms with Gasteiger partial charge in [-0.3, -0.25) is 4.79 Å². The molecular weight excluding hydrogens is 320 g/mol. The average molecular weight is 334 g/mol. The van der Waals surface area contributed by atoms with Gasteiger partial charge in [0.05, 0.1) is 17.5 Å². The van der Waals surface area contributed by atoms with E-state index in [9.17, 15) is 13.2 Å². The monoisotopic (exact) mass is 334 g/mol. The van der Waals surface area contributed by atoms with Crippen LogP contribution in [0.2, 0.25) is 0 Å². The maximum atomic E-state index is 12.3. The summed E-state index contributed by atoms with van der Waals surface area (Å²) in [7, 11) is -3.18. The number of nitrogens with zero attached hydrogens (tertiary/aromatic N) is 1. The van der Waals surface area contributed by atoms with Crippen molar-refractivity contribution in [2.24, 2.45) is 0 Å². The Kier molecular flexibility index (Phi) is 3.84. The van der Waals surface area contributed by atoms with Gasteiger partial charge in [0.25, 0.3) is 5.91 Å². The number of aryl methyl sites for hydroxylation is 1. The lowest BCUT2D eigenvalue weighted by atomic mass is 10.2. The van der Waals surface area contributed by atoms with Gasteiger partial charge < -0.3 is 5.32 Å². The Hall–Kier alpha value is -1.99. The fraction of sp³-hybridized carbons (Fsp3) is 0.200. The van der Waals surface area contributed by atoms with Crippen molar-refractivity contribution in [1.29, 1.82) is 0 Å². The van der Waals surface area contributed by atoms with Crippen LogP contribution in [0, 0.1) is 6.92 Å². The molecule has 2 aromatic rings. The first-order valence-corrected chi connectivity index (χ1v) is 9.22. The van der Waals surface area contributed by atoms with Crippen molar-refractivity contribution < 1.29 is 13.2 Å². The molecule has 3 rings (SSSR count). The molecule has 1 aliphatic rings. The molecule has 0 aliphatic carbocycles. The Balaban J connectivity index is 1.79. The minimum Gasteiger partial charge on any atom is -0.344 e. The van der Waals surface area contributed by atoms with E-state index < -0.39 is 15.9 Å². The van der Waals surface area contributed by atoms with Crippen molar-refractivity contribution in [2.75, 3.05) is 5.75 Å². The lowest BCUT2D eigenvalue weighted by Gasteiger charge is -2.08. The van der Waals surface area contributed by atoms with E-state index in [2.05, 4.69) is 10.3 Å². The zero-order valence-electron chi connectivity index (χ0n) is 11.8. The van der Waals surface area contributed by atoms with E-state index >= 15 is 0 Å². The van der Waals surface area contributed by atoms with Gasteiger partial charge in [-0.15, -0.1) is 11.3 Å². The van der Waals surface area contributed by atoms with Crippen LogP contribution in [-0.2, 0) is 9.84 Å². The number of nitrogens with one attached hydrogen (secondary N) is 1. The Bertz CT molecular complexity index is 839. The minimum absolute atomic E-state index is 0.0812. The highest BCUT2D eigenvalue weighted by Gasteiger charge is 2.25. The molecule has 1 atom stereocenters. The van der Waals surface area contributed by atoms with E-state index in [0.29, 0.717) is 10.6 Å². The lowest BCUT2D eigenvalue weighted by Crippen LogP contribution is -2.35. The second-order valence-corrected chi connectivity index (χ2v) is 7.97. The third-order valence-corrected chi connectivity index (χ3v) is 5.87. The highest BCUT2D eigenvalue weighted by Crippen LogP contribution is 2.27. The van der Waals surface area contributed by atoms with Crippen LogP contribution in [0.1, 0.15) is 15.4 Å². The van der Waals surface area contributed by atoms with E-state index in [1.54, 1.807) is 6.92 Å². The highest BCUT2D eigenvalue weighted by molar-refractivity contribution is 7.94. The third kappa shape index (κ3) is 3.10. The summed E-state index contributed by atoms with van der Waals surface area (Å²) in [5.74, 6) is -0.369. The maximum Gasteiger partial charge on any atom is 0.263 e. The minimum atomic E-state index is -3.18. The molecule has 114 valence electrons. The number of benzene rings is 1. The fourth-order valence-corrected chi connectivity index (χ4v) is 4.42.